The summed E-state index contributed by atoms with van der Waals surface area (Å²) in [5.41, 5.74) is -2.32. The molecule has 0 aromatic rings. The van der Waals surface area contributed by atoms with Crippen LogP contribution in [0.4, 0.5) is 0 Å². The first-order valence-electron chi connectivity index (χ1n) is 21.3. The predicted molar refractivity (Wildman–Crippen MR) is 222 cm³/mol. The van der Waals surface area contributed by atoms with Gasteiger partial charge in [0, 0.05) is 25.7 Å². The zero-order chi connectivity index (χ0) is 44.6. The van der Waals surface area contributed by atoms with E-state index >= 15 is 0 Å². The molecule has 0 heterocycles. The third-order valence-electron chi connectivity index (χ3n) is 8.81. The largest absolute Gasteiger partial charge is 0.481 e. The van der Waals surface area contributed by atoms with E-state index in [2.05, 4.69) is 27.7 Å². The molecule has 15 nitrogen and oxygen atoms in total. The molecular weight excluding hydrogens is 744 g/mol. The molecule has 0 aromatic carbocycles. The van der Waals surface area contributed by atoms with Gasteiger partial charge < -0.3 is 55.8 Å². The van der Waals surface area contributed by atoms with Crippen LogP contribution >= 0.6 is 0 Å². The summed E-state index contributed by atoms with van der Waals surface area (Å²) in [6.07, 6.45) is 23.5. The molecule has 0 amide bonds. The molecule has 10 N–H and O–H groups in total. The molecule has 0 aliphatic heterocycles. The molecule has 0 aliphatic carbocycles. The highest BCUT2D eigenvalue weighted by Gasteiger charge is 2.32. The Bertz CT molecular complexity index is 730. The minimum Gasteiger partial charge on any atom is -0.481 e. The van der Waals surface area contributed by atoms with Crippen LogP contribution in [0.15, 0.2) is 0 Å². The summed E-state index contributed by atoms with van der Waals surface area (Å²) in [7, 11) is 0. The summed E-state index contributed by atoms with van der Waals surface area (Å²) in [4.78, 5) is 40.1. The van der Waals surface area contributed by atoms with E-state index in [1.807, 2.05) is 0 Å². The van der Waals surface area contributed by atoms with Crippen molar-refractivity contribution in [2.45, 2.75) is 182 Å². The average molecular weight is 831 g/mol. The smallest absolute Gasteiger partial charge is 0.303 e. The molecule has 0 atom stereocenters. The van der Waals surface area contributed by atoms with Gasteiger partial charge in [0.25, 0.3) is 0 Å². The lowest BCUT2D eigenvalue weighted by molar-refractivity contribution is -0.138. The molecule has 0 aromatic heterocycles. The van der Waals surface area contributed by atoms with Crippen LogP contribution in [0.25, 0.3) is 0 Å². The molecule has 57 heavy (non-hydrogen) atoms. The van der Waals surface area contributed by atoms with Crippen molar-refractivity contribution >= 4 is 23.9 Å². The number of hydrogen-bond donors (Lipinski definition) is 10. The van der Waals surface area contributed by atoms with Crippen LogP contribution in [-0.4, -0.2) is 128 Å². The summed E-state index contributed by atoms with van der Waals surface area (Å²) in [5.74, 6) is -2.68. The maximum absolute atomic E-state index is 10.0. The van der Waals surface area contributed by atoms with Crippen molar-refractivity contribution in [2.24, 2.45) is 10.8 Å². The second-order valence-electron chi connectivity index (χ2n) is 14.7. The maximum Gasteiger partial charge on any atom is 0.303 e. The monoisotopic (exact) mass is 831 g/mol. The topological polar surface area (TPSA) is 280 Å². The fourth-order valence-corrected chi connectivity index (χ4v) is 4.58. The molecule has 0 unspecified atom stereocenters. The fourth-order valence-electron chi connectivity index (χ4n) is 4.58. The Morgan fingerprint density at radius 3 is 0.649 bits per heavy atom. The first-order chi connectivity index (χ1) is 27.2. The number of carboxylic acids is 4. The van der Waals surface area contributed by atoms with Gasteiger partial charge in [-0.15, -0.1) is 0 Å². The molecule has 0 bridgehead atoms. The summed E-state index contributed by atoms with van der Waals surface area (Å²) in [6, 6.07) is 0. The summed E-state index contributed by atoms with van der Waals surface area (Å²) in [6.45, 7) is 5.59. The number of aliphatic hydroxyl groups excluding tert-OH is 6. The highest BCUT2D eigenvalue weighted by molar-refractivity contribution is 5.67. The van der Waals surface area contributed by atoms with Crippen LogP contribution in [0.2, 0.25) is 0 Å². The molecule has 0 saturated heterocycles. The van der Waals surface area contributed by atoms with Gasteiger partial charge >= 0.3 is 23.9 Å². The van der Waals surface area contributed by atoms with Crippen LogP contribution in [0.1, 0.15) is 182 Å². The normalized spacial score (nSPS) is 10.7. The van der Waals surface area contributed by atoms with Crippen molar-refractivity contribution in [3.63, 3.8) is 0 Å². The Hall–Kier alpha value is -2.40. The summed E-state index contributed by atoms with van der Waals surface area (Å²) >= 11 is 0. The van der Waals surface area contributed by atoms with E-state index in [-0.39, 0.29) is 13.2 Å². The van der Waals surface area contributed by atoms with Gasteiger partial charge in [-0.05, 0) is 25.7 Å². The zero-order valence-electron chi connectivity index (χ0n) is 36.1. The van der Waals surface area contributed by atoms with Crippen molar-refractivity contribution in [2.75, 3.05) is 52.9 Å². The number of carboxylic acid groups (broad SMARTS) is 4. The second-order valence-corrected chi connectivity index (χ2v) is 14.7. The van der Waals surface area contributed by atoms with Crippen LogP contribution < -0.4 is 0 Å². The molecule has 15 heteroatoms. The Balaban J connectivity index is -0.000000202. The van der Waals surface area contributed by atoms with Crippen LogP contribution in [-0.2, 0) is 23.9 Å². The van der Waals surface area contributed by atoms with Gasteiger partial charge in [0.15, 0.2) is 0 Å². The predicted octanol–water partition coefficient (Wildman–Crippen LogP) is 6.66. The van der Waals surface area contributed by atoms with E-state index in [4.69, 9.17) is 55.8 Å². The average Bonchev–Trinajstić information content (AvgIpc) is 3.19. The van der Waals surface area contributed by atoms with Gasteiger partial charge in [-0.3, -0.25) is 19.2 Å². The SMILES string of the molecule is CCCCCCCC(=O)O.CCCCCCCC(=O)O.CCCCCCCC(=O)O.CCCCCCCC(=O)O.OCC(CO)(CO)COCC(CO)(CO)CO. The molecule has 0 rings (SSSR count). The van der Waals surface area contributed by atoms with E-state index in [0.717, 1.165) is 51.4 Å². The first-order valence-corrected chi connectivity index (χ1v) is 21.3. The first kappa shape index (κ1) is 63.8. The lowest BCUT2D eigenvalue weighted by atomic mass is 9.91. The number of unbranched alkanes of at least 4 members (excludes halogenated alkanes) is 16. The van der Waals surface area contributed by atoms with Crippen molar-refractivity contribution in [1.82, 2.24) is 0 Å². The molecule has 0 spiro atoms. The lowest BCUT2D eigenvalue weighted by Gasteiger charge is -2.31. The van der Waals surface area contributed by atoms with Crippen molar-refractivity contribution in [1.29, 1.82) is 0 Å². The fraction of sp³-hybridized carbons (Fsp3) is 0.905. The third-order valence-corrected chi connectivity index (χ3v) is 8.81. The van der Waals surface area contributed by atoms with Crippen LogP contribution in [0.5, 0.6) is 0 Å². The lowest BCUT2D eigenvalue weighted by Crippen LogP contribution is -2.43. The Morgan fingerprint density at radius 1 is 0.333 bits per heavy atom. The number of rotatable bonds is 34. The number of aliphatic carboxylic acids is 4. The van der Waals surface area contributed by atoms with Crippen molar-refractivity contribution in [3.05, 3.63) is 0 Å². The van der Waals surface area contributed by atoms with Gasteiger partial charge in [-0.2, -0.15) is 0 Å². The highest BCUT2D eigenvalue weighted by atomic mass is 16.5. The summed E-state index contributed by atoms with van der Waals surface area (Å²) in [5, 5.41) is 87.3. The van der Waals surface area contributed by atoms with E-state index < -0.39 is 74.3 Å². The van der Waals surface area contributed by atoms with E-state index in [1.165, 1.54) is 77.0 Å². The summed E-state index contributed by atoms with van der Waals surface area (Å²) < 4.78 is 5.15. The molecule has 344 valence electrons. The van der Waals surface area contributed by atoms with Gasteiger partial charge in [0.1, 0.15) is 0 Å². The third kappa shape index (κ3) is 53.6. The van der Waals surface area contributed by atoms with E-state index in [0.29, 0.717) is 25.7 Å². The Kier molecular flexibility index (Phi) is 55.6. The highest BCUT2D eigenvalue weighted by Crippen LogP contribution is 2.20. The standard InChI is InChI=1S/C10H22O7.4C8H16O2/c11-1-9(2-12,3-13)7-17-8-10(4-14,5-15)6-16;4*1-2-3-4-5-6-7-8(9)10/h11-16H,1-8H2;4*2-7H2,1H3,(H,9,10). The van der Waals surface area contributed by atoms with E-state index in [9.17, 15) is 19.2 Å². The van der Waals surface area contributed by atoms with Crippen molar-refractivity contribution < 1.29 is 75.0 Å². The number of carbonyl (C=O) groups is 4. The molecule has 0 fully saturated rings. The van der Waals surface area contributed by atoms with Gasteiger partial charge in [0.05, 0.1) is 63.7 Å². The number of aliphatic hydroxyl groups is 6. The number of hydrogen-bond acceptors (Lipinski definition) is 11. The molecular formula is C42H86O15. The van der Waals surface area contributed by atoms with Gasteiger partial charge in [-0.25, -0.2) is 0 Å². The van der Waals surface area contributed by atoms with Crippen LogP contribution in [0.3, 0.4) is 0 Å². The minimum atomic E-state index is -1.16. The van der Waals surface area contributed by atoms with Gasteiger partial charge in [0.2, 0.25) is 0 Å². The molecule has 0 aliphatic rings. The van der Waals surface area contributed by atoms with Crippen molar-refractivity contribution in [3.8, 4) is 0 Å². The molecule has 0 radical (unpaired) electrons. The Labute approximate surface area is 343 Å². The second kappa shape index (κ2) is 49.7. The maximum atomic E-state index is 10.0. The Morgan fingerprint density at radius 2 is 0.509 bits per heavy atom. The molecule has 0 saturated carbocycles. The van der Waals surface area contributed by atoms with Gasteiger partial charge in [-0.1, -0.05) is 130 Å². The quantitative estimate of drug-likeness (QED) is 0.0304. The number of ether oxygens (including phenoxy) is 1. The zero-order valence-corrected chi connectivity index (χ0v) is 36.1. The van der Waals surface area contributed by atoms with E-state index in [1.54, 1.807) is 0 Å². The van der Waals surface area contributed by atoms with Crippen LogP contribution in [0, 0.1) is 10.8 Å². The minimum absolute atomic E-state index is 0.141.